The molecule has 0 radical (unpaired) electrons. The lowest BCUT2D eigenvalue weighted by molar-refractivity contribution is -0.138. The largest absolute Gasteiger partial charge is 0.481 e. The van der Waals surface area contributed by atoms with Crippen molar-refractivity contribution in [1.82, 2.24) is 0 Å². The van der Waals surface area contributed by atoms with Gasteiger partial charge >= 0.3 is 5.97 Å². The van der Waals surface area contributed by atoms with Crippen molar-refractivity contribution in [3.05, 3.63) is 0 Å². The fourth-order valence-electron chi connectivity index (χ4n) is 2.77. The van der Waals surface area contributed by atoms with E-state index >= 15 is 0 Å². The molecule has 0 unspecified atom stereocenters. The first-order valence-electron chi connectivity index (χ1n) is 5.00. The lowest BCUT2D eigenvalue weighted by Gasteiger charge is -1.93. The molecular weight excluding hydrogens is 152 g/mol. The Labute approximate surface area is 72.0 Å². The monoisotopic (exact) mass is 166 g/mol. The van der Waals surface area contributed by atoms with Crippen molar-refractivity contribution in [3.8, 4) is 0 Å². The molecule has 2 heteroatoms. The molecule has 1 N–H and O–H groups in total. The predicted molar refractivity (Wildman–Crippen MR) is 43.6 cm³/mol. The van der Waals surface area contributed by atoms with E-state index in [1.165, 1.54) is 19.3 Å². The van der Waals surface area contributed by atoms with Gasteiger partial charge in [-0.15, -0.1) is 0 Å². The summed E-state index contributed by atoms with van der Waals surface area (Å²) in [5.41, 5.74) is 0. The second kappa shape index (κ2) is 2.04. The quantitative estimate of drug-likeness (QED) is 0.693. The van der Waals surface area contributed by atoms with Gasteiger partial charge in [0, 0.05) is 0 Å². The number of carboxylic acid groups (broad SMARTS) is 1. The average molecular weight is 166 g/mol. The van der Waals surface area contributed by atoms with Gasteiger partial charge in [0.05, 0.1) is 5.92 Å². The van der Waals surface area contributed by atoms with Crippen molar-refractivity contribution >= 4 is 5.97 Å². The summed E-state index contributed by atoms with van der Waals surface area (Å²) in [7, 11) is 0. The van der Waals surface area contributed by atoms with Crippen molar-refractivity contribution in [2.24, 2.45) is 29.6 Å². The van der Waals surface area contributed by atoms with Crippen molar-refractivity contribution in [2.45, 2.75) is 25.7 Å². The van der Waals surface area contributed by atoms with Crippen LogP contribution in [0.25, 0.3) is 0 Å². The van der Waals surface area contributed by atoms with Crippen LogP contribution >= 0.6 is 0 Å². The number of rotatable bonds is 3. The SMILES string of the molecule is O=C(O)[C@@H]1C[C@@H]1[C@@H]1C[C@H]1C1CC1. The Bertz CT molecular complexity index is 232. The summed E-state index contributed by atoms with van der Waals surface area (Å²) < 4.78 is 0. The van der Waals surface area contributed by atoms with Crippen LogP contribution in [0.2, 0.25) is 0 Å². The zero-order valence-corrected chi connectivity index (χ0v) is 7.07. The Morgan fingerprint density at radius 3 is 2.33 bits per heavy atom. The molecule has 2 nitrogen and oxygen atoms in total. The standard InChI is InChI=1S/C10H14O2/c11-10(12)9-4-8(9)7-3-6(7)5-1-2-5/h5-9H,1-4H2,(H,11,12)/t6-,7+,8+,9+/m0/s1. The Morgan fingerprint density at radius 2 is 1.83 bits per heavy atom. The Balaban J connectivity index is 1.55. The maximum absolute atomic E-state index is 10.6. The maximum atomic E-state index is 10.6. The summed E-state index contributed by atoms with van der Waals surface area (Å²) >= 11 is 0. The minimum absolute atomic E-state index is 0.0405. The molecular formula is C10H14O2. The molecule has 0 heterocycles. The predicted octanol–water partition coefficient (Wildman–Crippen LogP) is 1.75. The van der Waals surface area contributed by atoms with Gasteiger partial charge in [0.2, 0.25) is 0 Å². The minimum atomic E-state index is -0.554. The lowest BCUT2D eigenvalue weighted by Crippen LogP contribution is -2.01. The first kappa shape index (κ1) is 6.93. The highest BCUT2D eigenvalue weighted by atomic mass is 16.4. The van der Waals surface area contributed by atoms with Gasteiger partial charge in [0.15, 0.2) is 0 Å². The average Bonchev–Trinajstić information content (AvgIpc) is 2.87. The molecule has 0 aromatic rings. The highest BCUT2D eigenvalue weighted by molar-refractivity contribution is 5.73. The lowest BCUT2D eigenvalue weighted by atomic mass is 10.1. The van der Waals surface area contributed by atoms with E-state index in [2.05, 4.69) is 0 Å². The molecule has 3 fully saturated rings. The van der Waals surface area contributed by atoms with E-state index in [1.54, 1.807) is 0 Å². The van der Waals surface area contributed by atoms with E-state index in [9.17, 15) is 4.79 Å². The maximum Gasteiger partial charge on any atom is 0.306 e. The van der Waals surface area contributed by atoms with Gasteiger partial charge in [-0.1, -0.05) is 0 Å². The molecule has 0 aromatic carbocycles. The molecule has 0 bridgehead atoms. The van der Waals surface area contributed by atoms with Crippen LogP contribution in [0.4, 0.5) is 0 Å². The molecule has 66 valence electrons. The zero-order chi connectivity index (χ0) is 8.29. The van der Waals surface area contributed by atoms with E-state index in [0.29, 0.717) is 5.92 Å². The molecule has 0 spiro atoms. The molecule has 0 aliphatic heterocycles. The van der Waals surface area contributed by atoms with Crippen molar-refractivity contribution in [2.75, 3.05) is 0 Å². The fourth-order valence-corrected chi connectivity index (χ4v) is 2.77. The van der Waals surface area contributed by atoms with Gasteiger partial charge in [-0.2, -0.15) is 0 Å². The third kappa shape index (κ3) is 0.970. The topological polar surface area (TPSA) is 37.3 Å². The summed E-state index contributed by atoms with van der Waals surface area (Å²) in [6, 6.07) is 0. The van der Waals surface area contributed by atoms with Crippen molar-refractivity contribution in [3.63, 3.8) is 0 Å². The van der Waals surface area contributed by atoms with Gasteiger partial charge in [-0.05, 0) is 49.4 Å². The van der Waals surface area contributed by atoms with Gasteiger partial charge in [0.25, 0.3) is 0 Å². The van der Waals surface area contributed by atoms with Crippen LogP contribution in [0.3, 0.4) is 0 Å². The fraction of sp³-hybridized carbons (Fsp3) is 0.900. The van der Waals surface area contributed by atoms with E-state index in [-0.39, 0.29) is 5.92 Å². The molecule has 0 aromatic heterocycles. The first-order chi connectivity index (χ1) is 5.77. The number of hydrogen-bond donors (Lipinski definition) is 1. The van der Waals surface area contributed by atoms with Gasteiger partial charge in [-0.25, -0.2) is 0 Å². The van der Waals surface area contributed by atoms with E-state index in [4.69, 9.17) is 5.11 Å². The van der Waals surface area contributed by atoms with Crippen molar-refractivity contribution in [1.29, 1.82) is 0 Å². The van der Waals surface area contributed by atoms with E-state index in [1.807, 2.05) is 0 Å². The van der Waals surface area contributed by atoms with Gasteiger partial charge in [-0.3, -0.25) is 4.79 Å². The highest BCUT2D eigenvalue weighted by Gasteiger charge is 2.59. The van der Waals surface area contributed by atoms with Crippen molar-refractivity contribution < 1.29 is 9.90 Å². The highest BCUT2D eigenvalue weighted by Crippen LogP contribution is 2.64. The van der Waals surface area contributed by atoms with Crippen LogP contribution in [0.15, 0.2) is 0 Å². The molecule has 3 aliphatic carbocycles. The summed E-state index contributed by atoms with van der Waals surface area (Å²) in [6.07, 6.45) is 5.17. The normalized spacial score (nSPS) is 50.3. The molecule has 3 rings (SSSR count). The molecule has 0 amide bonds. The molecule has 12 heavy (non-hydrogen) atoms. The van der Waals surface area contributed by atoms with Crippen LogP contribution in [-0.2, 0) is 4.79 Å². The number of hydrogen-bond acceptors (Lipinski definition) is 1. The zero-order valence-electron chi connectivity index (χ0n) is 7.07. The smallest absolute Gasteiger partial charge is 0.306 e. The first-order valence-corrected chi connectivity index (χ1v) is 5.00. The number of aliphatic carboxylic acids is 1. The van der Waals surface area contributed by atoms with Crippen LogP contribution in [0, 0.1) is 29.6 Å². The Morgan fingerprint density at radius 1 is 1.08 bits per heavy atom. The van der Waals surface area contributed by atoms with Crippen LogP contribution in [0.1, 0.15) is 25.7 Å². The van der Waals surface area contributed by atoms with Crippen LogP contribution in [-0.4, -0.2) is 11.1 Å². The third-order valence-electron chi connectivity index (χ3n) is 3.83. The van der Waals surface area contributed by atoms with Crippen LogP contribution < -0.4 is 0 Å². The second-order valence-corrected chi connectivity index (χ2v) is 4.75. The van der Waals surface area contributed by atoms with E-state index in [0.717, 1.165) is 24.2 Å². The van der Waals surface area contributed by atoms with Gasteiger partial charge < -0.3 is 5.11 Å². The number of carbonyl (C=O) groups is 1. The molecule has 4 atom stereocenters. The number of carboxylic acids is 1. The van der Waals surface area contributed by atoms with Gasteiger partial charge in [0.1, 0.15) is 0 Å². The minimum Gasteiger partial charge on any atom is -0.481 e. The summed E-state index contributed by atoms with van der Waals surface area (Å²) in [5.74, 6) is 2.83. The third-order valence-corrected chi connectivity index (χ3v) is 3.83. The summed E-state index contributed by atoms with van der Waals surface area (Å²) in [6.45, 7) is 0. The Hall–Kier alpha value is -0.530. The Kier molecular flexibility index (Phi) is 1.18. The summed E-state index contributed by atoms with van der Waals surface area (Å²) in [4.78, 5) is 10.6. The second-order valence-electron chi connectivity index (χ2n) is 4.75. The van der Waals surface area contributed by atoms with Crippen LogP contribution in [0.5, 0.6) is 0 Å². The molecule has 3 aliphatic rings. The molecule has 3 saturated carbocycles. The summed E-state index contributed by atoms with van der Waals surface area (Å²) in [5, 5.41) is 8.74. The van der Waals surface area contributed by atoms with E-state index < -0.39 is 5.97 Å². The molecule has 0 saturated heterocycles.